The summed E-state index contributed by atoms with van der Waals surface area (Å²) >= 11 is 0. The second-order valence-electron chi connectivity index (χ2n) is 7.32. The molecular formula is C20H28FN3O4. The molecule has 2 rings (SSSR count). The van der Waals surface area contributed by atoms with E-state index in [2.05, 4.69) is 16.0 Å². The molecule has 1 saturated carbocycles. The number of rotatable bonds is 8. The quantitative estimate of drug-likeness (QED) is 0.509. The van der Waals surface area contributed by atoms with Gasteiger partial charge in [-0.3, -0.25) is 4.79 Å². The molecule has 0 heterocycles. The van der Waals surface area contributed by atoms with E-state index in [0.717, 1.165) is 37.8 Å². The van der Waals surface area contributed by atoms with Gasteiger partial charge >= 0.3 is 12.0 Å². The Kier molecular flexibility index (Phi) is 7.78. The molecule has 1 atom stereocenters. The van der Waals surface area contributed by atoms with Gasteiger partial charge in [-0.15, -0.1) is 0 Å². The van der Waals surface area contributed by atoms with Crippen LogP contribution in [0.2, 0.25) is 0 Å². The topological polar surface area (TPSA) is 108 Å². The standard InChI is InChI=1S/C20H28FN3O4/c1-20(18(26)27,14-9-11-15(21)12-10-14)24-17(25)8-5-13-22-19(28)23-16-6-3-2-4-7-16/h9-12,16H,2-8,13H2,1H3,(H,24,25)(H,26,27)(H2,22,23,28). The summed E-state index contributed by atoms with van der Waals surface area (Å²) in [6, 6.07) is 4.94. The van der Waals surface area contributed by atoms with Crippen molar-refractivity contribution in [1.82, 2.24) is 16.0 Å². The van der Waals surface area contributed by atoms with Crippen LogP contribution in [0.3, 0.4) is 0 Å². The number of carbonyl (C=O) groups excluding carboxylic acids is 2. The summed E-state index contributed by atoms with van der Waals surface area (Å²) in [7, 11) is 0. The summed E-state index contributed by atoms with van der Waals surface area (Å²) in [5, 5.41) is 17.7. The number of aliphatic carboxylic acids is 1. The molecule has 7 nitrogen and oxygen atoms in total. The van der Waals surface area contributed by atoms with Crippen molar-refractivity contribution < 1.29 is 23.9 Å². The van der Waals surface area contributed by atoms with E-state index >= 15 is 0 Å². The summed E-state index contributed by atoms with van der Waals surface area (Å²) < 4.78 is 13.1. The second-order valence-corrected chi connectivity index (χ2v) is 7.32. The van der Waals surface area contributed by atoms with Crippen LogP contribution in [-0.4, -0.2) is 35.6 Å². The molecule has 0 aliphatic heterocycles. The Hall–Kier alpha value is -2.64. The number of amides is 3. The van der Waals surface area contributed by atoms with Gasteiger partial charge in [0, 0.05) is 19.0 Å². The van der Waals surface area contributed by atoms with Gasteiger partial charge in [0.15, 0.2) is 5.54 Å². The molecule has 0 saturated heterocycles. The zero-order valence-electron chi connectivity index (χ0n) is 16.1. The van der Waals surface area contributed by atoms with Crippen LogP contribution >= 0.6 is 0 Å². The maximum atomic E-state index is 13.1. The van der Waals surface area contributed by atoms with E-state index in [1.165, 1.54) is 25.5 Å². The molecule has 0 radical (unpaired) electrons. The van der Waals surface area contributed by atoms with Crippen LogP contribution in [-0.2, 0) is 15.1 Å². The molecule has 8 heteroatoms. The lowest BCUT2D eigenvalue weighted by Gasteiger charge is -2.27. The summed E-state index contributed by atoms with van der Waals surface area (Å²) in [5.41, 5.74) is -1.38. The van der Waals surface area contributed by atoms with Gasteiger partial charge in [-0.05, 0) is 43.9 Å². The summed E-state index contributed by atoms with van der Waals surface area (Å²) in [4.78, 5) is 35.7. The first-order valence-corrected chi connectivity index (χ1v) is 9.66. The minimum Gasteiger partial charge on any atom is -0.479 e. The fraction of sp³-hybridized carbons (Fsp3) is 0.550. The molecule has 3 amide bonds. The molecule has 0 aromatic heterocycles. The van der Waals surface area contributed by atoms with Crippen molar-refractivity contribution in [2.24, 2.45) is 0 Å². The maximum absolute atomic E-state index is 13.1. The molecule has 1 unspecified atom stereocenters. The molecule has 0 spiro atoms. The van der Waals surface area contributed by atoms with E-state index in [9.17, 15) is 23.9 Å². The van der Waals surface area contributed by atoms with Gasteiger partial charge in [-0.2, -0.15) is 0 Å². The van der Waals surface area contributed by atoms with E-state index < -0.39 is 23.2 Å². The summed E-state index contributed by atoms with van der Waals surface area (Å²) in [6.07, 6.45) is 5.89. The third-order valence-electron chi connectivity index (χ3n) is 5.05. The van der Waals surface area contributed by atoms with Crippen LogP contribution in [0.1, 0.15) is 57.4 Å². The molecule has 0 bridgehead atoms. The average Bonchev–Trinajstić information content (AvgIpc) is 2.66. The molecule has 1 aromatic carbocycles. The van der Waals surface area contributed by atoms with E-state index in [1.807, 2.05) is 0 Å². The van der Waals surface area contributed by atoms with Gasteiger partial charge < -0.3 is 21.1 Å². The Bertz CT molecular complexity index is 689. The fourth-order valence-electron chi connectivity index (χ4n) is 3.31. The van der Waals surface area contributed by atoms with Crippen molar-refractivity contribution in [3.8, 4) is 0 Å². The van der Waals surface area contributed by atoms with Crippen molar-refractivity contribution in [2.75, 3.05) is 6.54 Å². The van der Waals surface area contributed by atoms with Crippen LogP contribution in [0, 0.1) is 5.82 Å². The lowest BCUT2D eigenvalue weighted by atomic mass is 9.91. The number of hydrogen-bond donors (Lipinski definition) is 4. The van der Waals surface area contributed by atoms with E-state index in [4.69, 9.17) is 0 Å². The Labute approximate surface area is 164 Å². The minimum atomic E-state index is -1.66. The van der Waals surface area contributed by atoms with Gasteiger partial charge in [0.25, 0.3) is 0 Å². The zero-order valence-corrected chi connectivity index (χ0v) is 16.1. The highest BCUT2D eigenvalue weighted by Crippen LogP contribution is 2.22. The number of benzene rings is 1. The molecule has 154 valence electrons. The number of halogens is 1. The van der Waals surface area contributed by atoms with Gasteiger partial charge in [0.2, 0.25) is 5.91 Å². The van der Waals surface area contributed by atoms with Gasteiger partial charge in [0.05, 0.1) is 0 Å². The average molecular weight is 393 g/mol. The molecule has 1 aromatic rings. The predicted molar refractivity (Wildman–Crippen MR) is 102 cm³/mol. The van der Waals surface area contributed by atoms with Crippen molar-refractivity contribution in [1.29, 1.82) is 0 Å². The van der Waals surface area contributed by atoms with E-state index in [1.54, 1.807) is 0 Å². The Morgan fingerprint density at radius 3 is 2.39 bits per heavy atom. The van der Waals surface area contributed by atoms with Crippen LogP contribution in [0.15, 0.2) is 24.3 Å². The molecule has 28 heavy (non-hydrogen) atoms. The first-order chi connectivity index (χ1) is 13.3. The highest BCUT2D eigenvalue weighted by Gasteiger charge is 2.36. The number of nitrogens with one attached hydrogen (secondary N) is 3. The fourth-order valence-corrected chi connectivity index (χ4v) is 3.31. The highest BCUT2D eigenvalue weighted by molar-refractivity contribution is 5.87. The number of carboxylic acid groups (broad SMARTS) is 1. The Balaban J connectivity index is 1.76. The number of carbonyl (C=O) groups is 3. The van der Waals surface area contributed by atoms with Crippen LogP contribution in [0.5, 0.6) is 0 Å². The van der Waals surface area contributed by atoms with Gasteiger partial charge in [0.1, 0.15) is 5.82 Å². The first-order valence-electron chi connectivity index (χ1n) is 9.66. The Morgan fingerprint density at radius 2 is 1.79 bits per heavy atom. The normalized spacial score (nSPS) is 16.6. The lowest BCUT2D eigenvalue weighted by molar-refractivity contribution is -0.147. The molecule has 1 aliphatic rings. The molecule has 4 N–H and O–H groups in total. The largest absolute Gasteiger partial charge is 0.479 e. The zero-order chi connectivity index (χ0) is 20.6. The molecule has 1 fully saturated rings. The van der Waals surface area contributed by atoms with Crippen molar-refractivity contribution in [2.45, 2.75) is 63.5 Å². The monoisotopic (exact) mass is 393 g/mol. The first kappa shape index (κ1) is 21.7. The van der Waals surface area contributed by atoms with Crippen LogP contribution in [0.4, 0.5) is 9.18 Å². The van der Waals surface area contributed by atoms with Crippen molar-refractivity contribution in [3.05, 3.63) is 35.6 Å². The number of hydrogen-bond acceptors (Lipinski definition) is 3. The van der Waals surface area contributed by atoms with Crippen LogP contribution < -0.4 is 16.0 Å². The van der Waals surface area contributed by atoms with Gasteiger partial charge in [-0.1, -0.05) is 31.4 Å². The lowest BCUT2D eigenvalue weighted by Crippen LogP contribution is -2.49. The predicted octanol–water partition coefficient (Wildman–Crippen LogP) is 2.65. The minimum absolute atomic E-state index is 0.0633. The third-order valence-corrected chi connectivity index (χ3v) is 5.05. The summed E-state index contributed by atoms with van der Waals surface area (Å²) in [5.74, 6) is -2.18. The summed E-state index contributed by atoms with van der Waals surface area (Å²) in [6.45, 7) is 1.67. The SMILES string of the molecule is CC(NC(=O)CCCNC(=O)NC1CCCCC1)(C(=O)O)c1ccc(F)cc1. The number of urea groups is 1. The molecular weight excluding hydrogens is 365 g/mol. The third kappa shape index (κ3) is 6.21. The highest BCUT2D eigenvalue weighted by atomic mass is 19.1. The van der Waals surface area contributed by atoms with Crippen LogP contribution in [0.25, 0.3) is 0 Å². The molecule has 1 aliphatic carbocycles. The van der Waals surface area contributed by atoms with E-state index in [-0.39, 0.29) is 24.1 Å². The second kappa shape index (κ2) is 10.1. The number of carboxylic acids is 1. The van der Waals surface area contributed by atoms with Crippen molar-refractivity contribution >= 4 is 17.9 Å². The van der Waals surface area contributed by atoms with E-state index in [0.29, 0.717) is 13.0 Å². The smallest absolute Gasteiger partial charge is 0.333 e. The maximum Gasteiger partial charge on any atom is 0.333 e. The van der Waals surface area contributed by atoms with Crippen molar-refractivity contribution in [3.63, 3.8) is 0 Å². The Morgan fingerprint density at radius 1 is 1.14 bits per heavy atom. The van der Waals surface area contributed by atoms with Gasteiger partial charge in [-0.25, -0.2) is 14.0 Å².